The number of nitrogens with one attached hydrogen (secondary N) is 2. The molecule has 4 rings (SSSR count). The van der Waals surface area contributed by atoms with Crippen LogP contribution in [-0.4, -0.2) is 46.6 Å². The van der Waals surface area contributed by atoms with Crippen LogP contribution in [0.5, 0.6) is 11.5 Å². The highest BCUT2D eigenvalue weighted by atomic mass is 79.9. The Bertz CT molecular complexity index is 1440. The van der Waals surface area contributed by atoms with Crippen LogP contribution in [0.1, 0.15) is 21.7 Å². The molecular formula is C27H26BrN5O4S. The molecule has 0 aliphatic heterocycles. The van der Waals surface area contributed by atoms with Crippen LogP contribution in [0.25, 0.3) is 5.69 Å². The van der Waals surface area contributed by atoms with Gasteiger partial charge in [0.15, 0.2) is 11.0 Å². The van der Waals surface area contributed by atoms with Crippen molar-refractivity contribution in [2.75, 3.05) is 25.3 Å². The first-order valence-electron chi connectivity index (χ1n) is 11.6. The minimum atomic E-state index is -0.332. The predicted octanol–water partition coefficient (Wildman–Crippen LogP) is 5.02. The van der Waals surface area contributed by atoms with Gasteiger partial charge in [-0.25, -0.2) is 0 Å². The van der Waals surface area contributed by atoms with E-state index in [1.54, 1.807) is 25.3 Å². The van der Waals surface area contributed by atoms with E-state index < -0.39 is 0 Å². The summed E-state index contributed by atoms with van der Waals surface area (Å²) in [5.74, 6) is 1.13. The van der Waals surface area contributed by atoms with Gasteiger partial charge in [0.25, 0.3) is 5.91 Å². The van der Waals surface area contributed by atoms with Gasteiger partial charge in [-0.3, -0.25) is 14.2 Å². The number of methoxy groups -OCH3 is 2. The Labute approximate surface area is 233 Å². The Kier molecular flexibility index (Phi) is 9.03. The molecular weight excluding hydrogens is 570 g/mol. The van der Waals surface area contributed by atoms with Crippen molar-refractivity contribution in [3.05, 3.63) is 88.2 Å². The SMILES string of the molecule is COc1ccc(C(=O)NCc2nnc(SCC(=O)Nc3cccc(C)c3)n2-c2ccc(Br)cc2)c(OC)c1. The molecule has 0 saturated heterocycles. The number of carbonyl (C=O) groups excluding carboxylic acids is 2. The molecule has 0 radical (unpaired) electrons. The van der Waals surface area contributed by atoms with E-state index in [0.717, 1.165) is 21.4 Å². The van der Waals surface area contributed by atoms with E-state index in [9.17, 15) is 9.59 Å². The van der Waals surface area contributed by atoms with Crippen molar-refractivity contribution in [1.82, 2.24) is 20.1 Å². The summed E-state index contributed by atoms with van der Waals surface area (Å²) in [6.07, 6.45) is 0. The number of benzene rings is 3. The maximum atomic E-state index is 13.0. The predicted molar refractivity (Wildman–Crippen MR) is 150 cm³/mol. The molecule has 3 aromatic carbocycles. The zero-order valence-electron chi connectivity index (χ0n) is 21.0. The number of rotatable bonds is 10. The van der Waals surface area contributed by atoms with Gasteiger partial charge in [0.05, 0.1) is 32.1 Å². The van der Waals surface area contributed by atoms with Crippen molar-refractivity contribution in [3.8, 4) is 17.2 Å². The van der Waals surface area contributed by atoms with Gasteiger partial charge in [0.2, 0.25) is 5.91 Å². The van der Waals surface area contributed by atoms with E-state index >= 15 is 0 Å². The van der Waals surface area contributed by atoms with Crippen LogP contribution in [0.3, 0.4) is 0 Å². The largest absolute Gasteiger partial charge is 0.497 e. The molecule has 0 aliphatic rings. The molecule has 196 valence electrons. The second-order valence-corrected chi connectivity index (χ2v) is 10.0. The third-order valence-electron chi connectivity index (χ3n) is 5.48. The number of halogens is 1. The average molecular weight is 597 g/mol. The van der Waals surface area contributed by atoms with Crippen LogP contribution in [0, 0.1) is 6.92 Å². The lowest BCUT2D eigenvalue weighted by atomic mass is 10.1. The number of aryl methyl sites for hydroxylation is 1. The maximum Gasteiger partial charge on any atom is 0.255 e. The Morgan fingerprint density at radius 3 is 2.50 bits per heavy atom. The monoisotopic (exact) mass is 595 g/mol. The van der Waals surface area contributed by atoms with Gasteiger partial charge >= 0.3 is 0 Å². The van der Waals surface area contributed by atoms with Crippen LogP contribution in [-0.2, 0) is 11.3 Å². The second-order valence-electron chi connectivity index (χ2n) is 8.17. The summed E-state index contributed by atoms with van der Waals surface area (Å²) in [7, 11) is 3.04. The number of aromatic nitrogens is 3. The fourth-order valence-electron chi connectivity index (χ4n) is 3.65. The number of nitrogens with zero attached hydrogens (tertiary/aromatic N) is 3. The minimum absolute atomic E-state index is 0.104. The molecule has 9 nitrogen and oxygen atoms in total. The highest BCUT2D eigenvalue weighted by Crippen LogP contribution is 2.26. The molecule has 0 fully saturated rings. The van der Waals surface area contributed by atoms with E-state index in [0.29, 0.717) is 28.0 Å². The maximum absolute atomic E-state index is 13.0. The van der Waals surface area contributed by atoms with Gasteiger partial charge in [-0.15, -0.1) is 10.2 Å². The zero-order valence-corrected chi connectivity index (χ0v) is 23.4. The summed E-state index contributed by atoms with van der Waals surface area (Å²) in [5.41, 5.74) is 2.96. The number of ether oxygens (including phenoxy) is 2. The third kappa shape index (κ3) is 6.73. The Hall–Kier alpha value is -3.83. The first-order valence-corrected chi connectivity index (χ1v) is 13.4. The summed E-state index contributed by atoms with van der Waals surface area (Å²) >= 11 is 4.71. The van der Waals surface area contributed by atoms with E-state index in [1.165, 1.54) is 18.9 Å². The fourth-order valence-corrected chi connectivity index (χ4v) is 4.68. The summed E-state index contributed by atoms with van der Waals surface area (Å²) in [4.78, 5) is 25.6. The number of hydrogen-bond donors (Lipinski definition) is 2. The van der Waals surface area contributed by atoms with Crippen molar-refractivity contribution in [1.29, 1.82) is 0 Å². The van der Waals surface area contributed by atoms with E-state index in [2.05, 4.69) is 36.8 Å². The number of hydrogen-bond acceptors (Lipinski definition) is 7. The number of thioether (sulfide) groups is 1. The number of anilines is 1. The highest BCUT2D eigenvalue weighted by molar-refractivity contribution is 9.10. The lowest BCUT2D eigenvalue weighted by molar-refractivity contribution is -0.113. The molecule has 1 heterocycles. The topological polar surface area (TPSA) is 107 Å². The van der Waals surface area contributed by atoms with Crippen LogP contribution in [0.4, 0.5) is 5.69 Å². The molecule has 11 heteroatoms. The molecule has 4 aromatic rings. The van der Waals surface area contributed by atoms with Crippen LogP contribution in [0.2, 0.25) is 0 Å². The Morgan fingerprint density at radius 2 is 1.79 bits per heavy atom. The molecule has 0 atom stereocenters. The molecule has 0 saturated carbocycles. The summed E-state index contributed by atoms with van der Waals surface area (Å²) in [6.45, 7) is 2.07. The Balaban J connectivity index is 1.51. The van der Waals surface area contributed by atoms with Crippen LogP contribution >= 0.6 is 27.7 Å². The molecule has 38 heavy (non-hydrogen) atoms. The standard InChI is InChI=1S/C27H26BrN5O4S/c1-17-5-4-6-19(13-17)30-25(34)16-38-27-32-31-24(33(27)20-9-7-18(28)8-10-20)15-29-26(35)22-12-11-21(36-2)14-23(22)37-3/h4-14H,15-16H2,1-3H3,(H,29,35)(H,30,34). The molecule has 0 spiro atoms. The second kappa shape index (κ2) is 12.6. The van der Waals surface area contributed by atoms with Crippen molar-refractivity contribution in [2.24, 2.45) is 0 Å². The first kappa shape index (κ1) is 27.2. The van der Waals surface area contributed by atoms with E-state index in [-0.39, 0.29) is 24.1 Å². The minimum Gasteiger partial charge on any atom is -0.497 e. The van der Waals surface area contributed by atoms with Crippen molar-refractivity contribution >= 4 is 45.2 Å². The molecule has 0 unspecified atom stereocenters. The normalized spacial score (nSPS) is 10.6. The summed E-state index contributed by atoms with van der Waals surface area (Å²) in [5, 5.41) is 14.9. The fraction of sp³-hybridized carbons (Fsp3) is 0.185. The molecule has 2 amide bonds. The van der Waals surface area contributed by atoms with Crippen molar-refractivity contribution < 1.29 is 19.1 Å². The molecule has 0 bridgehead atoms. The van der Waals surface area contributed by atoms with Gasteiger partial charge in [-0.1, -0.05) is 39.8 Å². The smallest absolute Gasteiger partial charge is 0.255 e. The lowest BCUT2D eigenvalue weighted by Crippen LogP contribution is -2.25. The Morgan fingerprint density at radius 1 is 1.00 bits per heavy atom. The highest BCUT2D eigenvalue weighted by Gasteiger charge is 2.19. The third-order valence-corrected chi connectivity index (χ3v) is 6.94. The zero-order chi connectivity index (χ0) is 27.1. The van der Waals surface area contributed by atoms with Crippen molar-refractivity contribution in [2.45, 2.75) is 18.6 Å². The van der Waals surface area contributed by atoms with Gasteiger partial charge in [-0.05, 0) is 61.0 Å². The lowest BCUT2D eigenvalue weighted by Gasteiger charge is -2.13. The van der Waals surface area contributed by atoms with E-state index in [1.807, 2.05) is 60.0 Å². The number of amides is 2. The molecule has 0 aliphatic carbocycles. The molecule has 2 N–H and O–H groups in total. The van der Waals surface area contributed by atoms with Gasteiger partial charge in [0, 0.05) is 21.9 Å². The van der Waals surface area contributed by atoms with Gasteiger partial charge in [-0.2, -0.15) is 0 Å². The quantitative estimate of drug-likeness (QED) is 0.248. The average Bonchev–Trinajstić information content (AvgIpc) is 3.33. The first-order chi connectivity index (χ1) is 18.4. The van der Waals surface area contributed by atoms with Crippen LogP contribution < -0.4 is 20.1 Å². The van der Waals surface area contributed by atoms with Crippen molar-refractivity contribution in [3.63, 3.8) is 0 Å². The van der Waals surface area contributed by atoms with Gasteiger partial charge in [0.1, 0.15) is 11.5 Å². The van der Waals surface area contributed by atoms with Crippen LogP contribution in [0.15, 0.2) is 76.4 Å². The van der Waals surface area contributed by atoms with Gasteiger partial charge < -0.3 is 20.1 Å². The summed E-state index contributed by atoms with van der Waals surface area (Å²) in [6, 6.07) is 20.2. The van der Waals surface area contributed by atoms with E-state index in [4.69, 9.17) is 9.47 Å². The molecule has 1 aromatic heterocycles. The summed E-state index contributed by atoms with van der Waals surface area (Å²) < 4.78 is 13.3. The number of carbonyl (C=O) groups is 2.